The first kappa shape index (κ1) is 20.7. The van der Waals surface area contributed by atoms with Crippen molar-refractivity contribution in [1.29, 1.82) is 0 Å². The van der Waals surface area contributed by atoms with Crippen LogP contribution in [-0.4, -0.2) is 39.8 Å². The van der Waals surface area contributed by atoms with Crippen LogP contribution in [0.5, 0.6) is 23.0 Å². The lowest BCUT2D eigenvalue weighted by Crippen LogP contribution is -2.06. The normalized spacial score (nSPS) is 14.4. The Hall–Kier alpha value is -3.00. The fourth-order valence-electron chi connectivity index (χ4n) is 2.79. The van der Waals surface area contributed by atoms with Gasteiger partial charge in [0.05, 0.1) is 32.4 Å². The molecule has 0 fully saturated rings. The summed E-state index contributed by atoms with van der Waals surface area (Å²) in [6.07, 6.45) is 1.63. The topological polar surface area (TPSA) is 75.6 Å². The Morgan fingerprint density at radius 3 is 2.45 bits per heavy atom. The molecule has 152 valence electrons. The Bertz CT molecular complexity index is 999. The van der Waals surface area contributed by atoms with Gasteiger partial charge in [-0.3, -0.25) is 0 Å². The van der Waals surface area contributed by atoms with Crippen molar-refractivity contribution in [1.82, 2.24) is 0 Å². The summed E-state index contributed by atoms with van der Waals surface area (Å²) in [5.74, 6) is 1.88. The molecule has 29 heavy (non-hydrogen) atoms. The summed E-state index contributed by atoms with van der Waals surface area (Å²) in [4.78, 5) is 16.7. The third kappa shape index (κ3) is 4.37. The lowest BCUT2D eigenvalue weighted by Gasteiger charge is -2.12. The summed E-state index contributed by atoms with van der Waals surface area (Å²) >= 11 is 3.46. The molecule has 0 saturated carbocycles. The van der Waals surface area contributed by atoms with Crippen molar-refractivity contribution in [3.63, 3.8) is 0 Å². The van der Waals surface area contributed by atoms with Crippen LogP contribution < -0.4 is 18.9 Å². The maximum absolute atomic E-state index is 12.3. The van der Waals surface area contributed by atoms with Crippen molar-refractivity contribution >= 4 is 33.9 Å². The standard InChI is InChI=1S/C21H20BrNO6/c1-5-28-18-10-12(8-14(22)19(18)27-4)9-15-21(24)29-20(23-15)13-6-7-16(25-2)17(11-13)26-3/h6-11H,5H2,1-4H3/b15-9+. The number of benzene rings is 2. The van der Waals surface area contributed by atoms with Gasteiger partial charge >= 0.3 is 5.97 Å². The second kappa shape index (κ2) is 9.00. The summed E-state index contributed by atoms with van der Waals surface area (Å²) in [7, 11) is 4.65. The number of carbonyl (C=O) groups is 1. The molecule has 0 aromatic heterocycles. The predicted molar refractivity (Wildman–Crippen MR) is 112 cm³/mol. The molecule has 7 nitrogen and oxygen atoms in total. The van der Waals surface area contributed by atoms with Gasteiger partial charge in [0.25, 0.3) is 0 Å². The van der Waals surface area contributed by atoms with E-state index in [0.717, 1.165) is 0 Å². The van der Waals surface area contributed by atoms with Gasteiger partial charge in [0.2, 0.25) is 5.90 Å². The largest absolute Gasteiger partial charge is 0.493 e. The van der Waals surface area contributed by atoms with Crippen LogP contribution >= 0.6 is 15.9 Å². The average Bonchev–Trinajstić information content (AvgIpc) is 3.08. The quantitative estimate of drug-likeness (QED) is 0.453. The van der Waals surface area contributed by atoms with Gasteiger partial charge in [0.15, 0.2) is 28.7 Å². The lowest BCUT2D eigenvalue weighted by atomic mass is 10.1. The van der Waals surface area contributed by atoms with Gasteiger partial charge in [0.1, 0.15) is 0 Å². The molecule has 0 amide bonds. The lowest BCUT2D eigenvalue weighted by molar-refractivity contribution is -0.129. The number of rotatable bonds is 7. The van der Waals surface area contributed by atoms with Crippen LogP contribution in [0.3, 0.4) is 0 Å². The molecular weight excluding hydrogens is 442 g/mol. The molecule has 0 N–H and O–H groups in total. The zero-order valence-corrected chi connectivity index (χ0v) is 18.0. The van der Waals surface area contributed by atoms with Crippen LogP contribution in [-0.2, 0) is 9.53 Å². The zero-order chi connectivity index (χ0) is 21.0. The Morgan fingerprint density at radius 2 is 1.79 bits per heavy atom. The predicted octanol–water partition coefficient (Wildman–Crippen LogP) is 4.22. The summed E-state index contributed by atoms with van der Waals surface area (Å²) < 4.78 is 27.5. The molecule has 2 aromatic carbocycles. The van der Waals surface area contributed by atoms with Crippen molar-refractivity contribution in [2.75, 3.05) is 27.9 Å². The highest BCUT2D eigenvalue weighted by Crippen LogP contribution is 2.37. The number of halogens is 1. The van der Waals surface area contributed by atoms with Crippen LogP contribution in [0.15, 0.2) is 45.5 Å². The fraction of sp³-hybridized carbons (Fsp3) is 0.238. The van der Waals surface area contributed by atoms with E-state index in [9.17, 15) is 4.79 Å². The number of esters is 1. The summed E-state index contributed by atoms with van der Waals surface area (Å²) in [6, 6.07) is 8.75. The third-order valence-corrected chi connectivity index (χ3v) is 4.68. The molecule has 1 aliphatic rings. The van der Waals surface area contributed by atoms with E-state index < -0.39 is 5.97 Å². The first-order chi connectivity index (χ1) is 14.0. The summed E-state index contributed by atoms with van der Waals surface area (Å²) in [6.45, 7) is 2.36. The highest BCUT2D eigenvalue weighted by Gasteiger charge is 2.25. The molecule has 0 saturated heterocycles. The molecule has 0 atom stereocenters. The van der Waals surface area contributed by atoms with Crippen molar-refractivity contribution in [2.45, 2.75) is 6.92 Å². The second-order valence-corrected chi connectivity index (χ2v) is 6.73. The number of methoxy groups -OCH3 is 3. The molecular formula is C21H20BrNO6. The third-order valence-electron chi connectivity index (χ3n) is 4.09. The van der Waals surface area contributed by atoms with E-state index in [2.05, 4.69) is 20.9 Å². The number of cyclic esters (lactones) is 1. The minimum Gasteiger partial charge on any atom is -0.493 e. The number of hydrogen-bond acceptors (Lipinski definition) is 7. The number of aliphatic imine (C=N–C) groups is 1. The molecule has 2 aromatic rings. The van der Waals surface area contributed by atoms with Crippen molar-refractivity contribution in [3.8, 4) is 23.0 Å². The number of hydrogen-bond donors (Lipinski definition) is 0. The molecule has 0 aliphatic carbocycles. The molecule has 3 rings (SSSR count). The fourth-order valence-corrected chi connectivity index (χ4v) is 3.41. The monoisotopic (exact) mass is 461 g/mol. The van der Waals surface area contributed by atoms with Gasteiger partial charge < -0.3 is 23.7 Å². The molecule has 1 aliphatic heterocycles. The zero-order valence-electron chi connectivity index (χ0n) is 16.4. The molecule has 0 spiro atoms. The van der Waals surface area contributed by atoms with Crippen LogP contribution in [0.1, 0.15) is 18.1 Å². The minimum absolute atomic E-state index is 0.175. The van der Waals surface area contributed by atoms with Gasteiger partial charge in [-0.1, -0.05) is 0 Å². The highest BCUT2D eigenvalue weighted by atomic mass is 79.9. The van der Waals surface area contributed by atoms with E-state index in [1.807, 2.05) is 13.0 Å². The number of ether oxygens (including phenoxy) is 5. The van der Waals surface area contributed by atoms with Crippen molar-refractivity contribution in [2.24, 2.45) is 4.99 Å². The van der Waals surface area contributed by atoms with Gasteiger partial charge in [0, 0.05) is 5.56 Å². The van der Waals surface area contributed by atoms with Gasteiger partial charge in [-0.25, -0.2) is 9.79 Å². The van der Waals surface area contributed by atoms with Crippen LogP contribution in [0.2, 0.25) is 0 Å². The average molecular weight is 462 g/mol. The Labute approximate surface area is 177 Å². The van der Waals surface area contributed by atoms with Crippen LogP contribution in [0.4, 0.5) is 0 Å². The van der Waals surface area contributed by atoms with Gasteiger partial charge in [-0.15, -0.1) is 0 Å². The number of nitrogens with zero attached hydrogens (tertiary/aromatic N) is 1. The van der Waals surface area contributed by atoms with Gasteiger partial charge in [-0.2, -0.15) is 0 Å². The second-order valence-electron chi connectivity index (χ2n) is 5.87. The highest BCUT2D eigenvalue weighted by molar-refractivity contribution is 9.10. The number of carbonyl (C=O) groups excluding carboxylic acids is 1. The summed E-state index contributed by atoms with van der Waals surface area (Å²) in [5.41, 5.74) is 1.49. The molecule has 0 bridgehead atoms. The van der Waals surface area contributed by atoms with E-state index in [-0.39, 0.29) is 11.6 Å². The molecule has 0 radical (unpaired) electrons. The Kier molecular flexibility index (Phi) is 6.43. The SMILES string of the molecule is CCOc1cc(/C=C2/N=C(c3ccc(OC)c(OC)c3)OC2=O)cc(Br)c1OC. The Balaban J connectivity index is 1.97. The van der Waals surface area contributed by atoms with E-state index in [1.165, 1.54) is 7.11 Å². The Morgan fingerprint density at radius 1 is 1.03 bits per heavy atom. The van der Waals surface area contributed by atoms with E-state index in [1.54, 1.807) is 44.6 Å². The van der Waals surface area contributed by atoms with Crippen LogP contribution in [0, 0.1) is 0 Å². The first-order valence-corrected chi connectivity index (χ1v) is 9.55. The first-order valence-electron chi connectivity index (χ1n) is 8.76. The maximum Gasteiger partial charge on any atom is 0.363 e. The van der Waals surface area contributed by atoms with E-state index >= 15 is 0 Å². The van der Waals surface area contributed by atoms with E-state index in [4.69, 9.17) is 23.7 Å². The molecule has 1 heterocycles. The van der Waals surface area contributed by atoms with E-state index in [0.29, 0.717) is 45.2 Å². The van der Waals surface area contributed by atoms with Crippen LogP contribution in [0.25, 0.3) is 6.08 Å². The molecule has 0 unspecified atom stereocenters. The smallest absolute Gasteiger partial charge is 0.363 e. The summed E-state index contributed by atoms with van der Waals surface area (Å²) in [5, 5.41) is 0. The minimum atomic E-state index is -0.542. The molecule has 8 heteroatoms. The van der Waals surface area contributed by atoms with Crippen molar-refractivity contribution < 1.29 is 28.5 Å². The van der Waals surface area contributed by atoms with Crippen molar-refractivity contribution in [3.05, 3.63) is 51.6 Å². The maximum atomic E-state index is 12.3. The van der Waals surface area contributed by atoms with Gasteiger partial charge in [-0.05, 0) is 64.8 Å².